The highest BCUT2D eigenvalue weighted by atomic mass is 32.1. The third-order valence-electron chi connectivity index (χ3n) is 2.79. The molecule has 0 aliphatic carbocycles. The standard InChI is InChI=1S/C14H12N4OS/c1-9-13(17-12(19)11-7-8-15-18-11)20-14(16-9)10-5-3-2-4-6-10/h2-8H,1H3,(H,15,18)(H,17,19). The summed E-state index contributed by atoms with van der Waals surface area (Å²) in [6.07, 6.45) is 1.55. The highest BCUT2D eigenvalue weighted by Crippen LogP contribution is 2.31. The first-order valence-electron chi connectivity index (χ1n) is 6.07. The average molecular weight is 284 g/mol. The van der Waals surface area contributed by atoms with Crippen LogP contribution in [0.2, 0.25) is 0 Å². The molecule has 0 fully saturated rings. The molecule has 100 valence electrons. The summed E-state index contributed by atoms with van der Waals surface area (Å²) in [6, 6.07) is 11.5. The van der Waals surface area contributed by atoms with Crippen LogP contribution in [0.4, 0.5) is 5.00 Å². The zero-order valence-corrected chi connectivity index (χ0v) is 11.6. The van der Waals surface area contributed by atoms with Gasteiger partial charge in [-0.25, -0.2) is 4.98 Å². The number of aromatic amines is 1. The van der Waals surface area contributed by atoms with Gasteiger partial charge < -0.3 is 5.32 Å². The maximum Gasteiger partial charge on any atom is 0.274 e. The number of aryl methyl sites for hydroxylation is 1. The van der Waals surface area contributed by atoms with Crippen LogP contribution in [0, 0.1) is 6.92 Å². The Morgan fingerprint density at radius 3 is 2.75 bits per heavy atom. The lowest BCUT2D eigenvalue weighted by Gasteiger charge is -1.99. The zero-order valence-electron chi connectivity index (χ0n) is 10.8. The van der Waals surface area contributed by atoms with Crippen molar-refractivity contribution in [1.29, 1.82) is 0 Å². The summed E-state index contributed by atoms with van der Waals surface area (Å²) < 4.78 is 0. The van der Waals surface area contributed by atoms with E-state index in [0.717, 1.165) is 21.3 Å². The molecule has 2 aromatic heterocycles. The highest BCUT2D eigenvalue weighted by molar-refractivity contribution is 7.19. The Labute approximate surface area is 119 Å². The average Bonchev–Trinajstić information content (AvgIpc) is 3.10. The summed E-state index contributed by atoms with van der Waals surface area (Å²) >= 11 is 1.46. The maximum absolute atomic E-state index is 12.0. The van der Waals surface area contributed by atoms with Gasteiger partial charge in [-0.2, -0.15) is 5.10 Å². The first-order chi connectivity index (χ1) is 9.74. The molecule has 0 aliphatic rings. The van der Waals surface area contributed by atoms with Gasteiger partial charge in [0.25, 0.3) is 5.91 Å². The lowest BCUT2D eigenvalue weighted by molar-refractivity contribution is 0.102. The van der Waals surface area contributed by atoms with Crippen molar-refractivity contribution in [2.24, 2.45) is 0 Å². The van der Waals surface area contributed by atoms with Crippen molar-refractivity contribution in [3.63, 3.8) is 0 Å². The SMILES string of the molecule is Cc1nc(-c2ccccc2)sc1NC(=O)c1ccn[nH]1. The fourth-order valence-electron chi connectivity index (χ4n) is 1.77. The molecule has 2 heterocycles. The number of hydrogen-bond donors (Lipinski definition) is 2. The van der Waals surface area contributed by atoms with Gasteiger partial charge in [-0.1, -0.05) is 41.7 Å². The molecule has 6 heteroatoms. The van der Waals surface area contributed by atoms with Gasteiger partial charge in [-0.15, -0.1) is 0 Å². The second-order valence-electron chi connectivity index (χ2n) is 4.22. The minimum Gasteiger partial charge on any atom is -0.311 e. The lowest BCUT2D eigenvalue weighted by Crippen LogP contribution is -2.12. The largest absolute Gasteiger partial charge is 0.311 e. The highest BCUT2D eigenvalue weighted by Gasteiger charge is 2.13. The Morgan fingerprint density at radius 2 is 2.05 bits per heavy atom. The summed E-state index contributed by atoms with van der Waals surface area (Å²) in [6.45, 7) is 1.88. The lowest BCUT2D eigenvalue weighted by atomic mass is 10.2. The molecule has 0 bridgehead atoms. The molecule has 0 aliphatic heterocycles. The smallest absolute Gasteiger partial charge is 0.274 e. The minimum absolute atomic E-state index is 0.214. The van der Waals surface area contributed by atoms with Crippen molar-refractivity contribution < 1.29 is 4.79 Å². The van der Waals surface area contributed by atoms with Crippen molar-refractivity contribution in [1.82, 2.24) is 15.2 Å². The van der Waals surface area contributed by atoms with E-state index >= 15 is 0 Å². The molecule has 5 nitrogen and oxygen atoms in total. The van der Waals surface area contributed by atoms with Gasteiger partial charge in [-0.05, 0) is 13.0 Å². The number of amides is 1. The number of carbonyl (C=O) groups excluding carboxylic acids is 1. The second-order valence-corrected chi connectivity index (χ2v) is 5.22. The number of H-pyrrole nitrogens is 1. The van der Waals surface area contributed by atoms with Crippen LogP contribution in [0.15, 0.2) is 42.6 Å². The van der Waals surface area contributed by atoms with Crippen molar-refractivity contribution in [2.75, 3.05) is 5.32 Å². The molecule has 1 aromatic carbocycles. The van der Waals surface area contributed by atoms with Crippen molar-refractivity contribution in [2.45, 2.75) is 6.92 Å². The first-order valence-corrected chi connectivity index (χ1v) is 6.89. The quantitative estimate of drug-likeness (QED) is 0.776. The topological polar surface area (TPSA) is 70.7 Å². The number of thiazole rings is 1. The van der Waals surface area contributed by atoms with Crippen LogP contribution < -0.4 is 5.32 Å². The third kappa shape index (κ3) is 2.46. The van der Waals surface area contributed by atoms with Gasteiger partial charge in [0.1, 0.15) is 15.7 Å². The number of anilines is 1. The first kappa shape index (κ1) is 12.6. The fraction of sp³-hybridized carbons (Fsp3) is 0.0714. The molecule has 3 rings (SSSR count). The zero-order chi connectivity index (χ0) is 13.9. The number of carbonyl (C=O) groups is 1. The van der Waals surface area contributed by atoms with Crippen LogP contribution in [0.3, 0.4) is 0 Å². The molecule has 0 saturated carbocycles. The van der Waals surface area contributed by atoms with Gasteiger partial charge in [0.2, 0.25) is 0 Å². The predicted molar refractivity (Wildman–Crippen MR) is 78.8 cm³/mol. The third-order valence-corrected chi connectivity index (χ3v) is 3.91. The van der Waals surface area contributed by atoms with E-state index in [2.05, 4.69) is 20.5 Å². The van der Waals surface area contributed by atoms with Crippen LogP contribution in [0.1, 0.15) is 16.2 Å². The number of nitrogens with zero attached hydrogens (tertiary/aromatic N) is 2. The monoisotopic (exact) mass is 284 g/mol. The number of hydrogen-bond acceptors (Lipinski definition) is 4. The second kappa shape index (κ2) is 5.26. The van der Waals surface area contributed by atoms with E-state index in [1.165, 1.54) is 11.3 Å². The van der Waals surface area contributed by atoms with E-state index in [0.29, 0.717) is 5.69 Å². The number of benzene rings is 1. The maximum atomic E-state index is 12.0. The van der Waals surface area contributed by atoms with E-state index in [4.69, 9.17) is 0 Å². The molecule has 3 aromatic rings. The van der Waals surface area contributed by atoms with Gasteiger partial charge in [-0.3, -0.25) is 9.89 Å². The van der Waals surface area contributed by atoms with E-state index in [1.54, 1.807) is 12.3 Å². The summed E-state index contributed by atoms with van der Waals surface area (Å²) in [5.74, 6) is -0.214. The summed E-state index contributed by atoms with van der Waals surface area (Å²) in [5, 5.41) is 10.9. The summed E-state index contributed by atoms with van der Waals surface area (Å²) in [5.41, 5.74) is 2.28. The molecule has 0 atom stereocenters. The van der Waals surface area contributed by atoms with Gasteiger partial charge in [0.05, 0.1) is 5.69 Å². The molecule has 0 unspecified atom stereocenters. The van der Waals surface area contributed by atoms with Gasteiger partial charge >= 0.3 is 0 Å². The Kier molecular flexibility index (Phi) is 3.30. The molecule has 20 heavy (non-hydrogen) atoms. The van der Waals surface area contributed by atoms with E-state index in [1.807, 2.05) is 37.3 Å². The molecular formula is C14H12N4OS. The van der Waals surface area contributed by atoms with Crippen LogP contribution in [0.25, 0.3) is 10.6 Å². The Balaban J connectivity index is 1.85. The van der Waals surface area contributed by atoms with Crippen LogP contribution >= 0.6 is 11.3 Å². The van der Waals surface area contributed by atoms with Crippen molar-refractivity contribution >= 4 is 22.2 Å². The van der Waals surface area contributed by atoms with Crippen molar-refractivity contribution in [3.05, 3.63) is 54.0 Å². The number of rotatable bonds is 3. The Bertz CT molecular complexity index is 719. The van der Waals surface area contributed by atoms with Crippen molar-refractivity contribution in [3.8, 4) is 10.6 Å². The number of nitrogens with one attached hydrogen (secondary N) is 2. The molecule has 0 spiro atoms. The van der Waals surface area contributed by atoms with Gasteiger partial charge in [0.15, 0.2) is 0 Å². The van der Waals surface area contributed by atoms with E-state index < -0.39 is 0 Å². The summed E-state index contributed by atoms with van der Waals surface area (Å²) in [7, 11) is 0. The molecule has 1 amide bonds. The molecular weight excluding hydrogens is 272 g/mol. The Hall–Kier alpha value is -2.47. The van der Waals surface area contributed by atoms with E-state index in [9.17, 15) is 4.79 Å². The normalized spacial score (nSPS) is 10.4. The Morgan fingerprint density at radius 1 is 1.25 bits per heavy atom. The fourth-order valence-corrected chi connectivity index (χ4v) is 2.74. The van der Waals surface area contributed by atoms with Crippen LogP contribution in [-0.2, 0) is 0 Å². The van der Waals surface area contributed by atoms with E-state index in [-0.39, 0.29) is 5.91 Å². The molecule has 0 saturated heterocycles. The minimum atomic E-state index is -0.214. The number of aromatic nitrogens is 3. The van der Waals surface area contributed by atoms with Crippen LogP contribution in [-0.4, -0.2) is 21.1 Å². The van der Waals surface area contributed by atoms with Crippen LogP contribution in [0.5, 0.6) is 0 Å². The summed E-state index contributed by atoms with van der Waals surface area (Å²) in [4.78, 5) is 16.5. The predicted octanol–water partition coefficient (Wildman–Crippen LogP) is 3.09. The molecule has 0 radical (unpaired) electrons. The van der Waals surface area contributed by atoms with Gasteiger partial charge in [0, 0.05) is 11.8 Å². The molecule has 2 N–H and O–H groups in total.